The molecule has 2 rings (SSSR count). The van der Waals surface area contributed by atoms with E-state index >= 15 is 0 Å². The Bertz CT molecular complexity index is 762. The van der Waals surface area contributed by atoms with Gasteiger partial charge in [-0.15, -0.1) is 0 Å². The maximum absolute atomic E-state index is 12.8. The van der Waals surface area contributed by atoms with Crippen LogP contribution in [0.4, 0.5) is 0 Å². The first-order valence-electron chi connectivity index (χ1n) is 9.38. The minimum absolute atomic E-state index is 0.00145. The van der Waals surface area contributed by atoms with E-state index in [2.05, 4.69) is 5.32 Å². The average molecular weight is 397 g/mol. The summed E-state index contributed by atoms with van der Waals surface area (Å²) in [5, 5.41) is 2.59. The lowest BCUT2D eigenvalue weighted by Crippen LogP contribution is -3.09. The fraction of sp³-hybridized carbons (Fsp3) is 0.579. The molecule has 2 atom stereocenters. The van der Waals surface area contributed by atoms with Crippen molar-refractivity contribution in [1.82, 2.24) is 10.2 Å². The van der Waals surface area contributed by atoms with Gasteiger partial charge in [-0.1, -0.05) is 19.1 Å². The van der Waals surface area contributed by atoms with Crippen molar-refractivity contribution in [2.24, 2.45) is 0 Å². The average Bonchev–Trinajstić information content (AvgIpc) is 2.98. The predicted octanol–water partition coefficient (Wildman–Crippen LogP) is -0.513. The molecular weight excluding hydrogens is 366 g/mol. The lowest BCUT2D eigenvalue weighted by Gasteiger charge is -2.28. The quantitative estimate of drug-likeness (QED) is 0.619. The van der Waals surface area contributed by atoms with Crippen molar-refractivity contribution < 1.29 is 22.9 Å². The first-order valence-corrected chi connectivity index (χ1v) is 11.2. The monoisotopic (exact) mass is 396 g/mol. The highest BCUT2D eigenvalue weighted by Gasteiger charge is 2.34. The van der Waals surface area contributed by atoms with Crippen molar-refractivity contribution in [1.29, 1.82) is 0 Å². The van der Waals surface area contributed by atoms with E-state index in [0.717, 1.165) is 16.9 Å². The summed E-state index contributed by atoms with van der Waals surface area (Å²) in [6.07, 6.45) is 1.34. The van der Waals surface area contributed by atoms with E-state index in [1.165, 1.54) is 0 Å². The maximum atomic E-state index is 12.8. The minimum Gasteiger partial charge on any atom is -0.355 e. The lowest BCUT2D eigenvalue weighted by molar-refractivity contribution is -0.885. The molecule has 1 aliphatic rings. The Hall–Kier alpha value is -1.93. The van der Waals surface area contributed by atoms with Crippen LogP contribution in [0.2, 0.25) is 0 Å². The molecule has 8 heteroatoms. The summed E-state index contributed by atoms with van der Waals surface area (Å²) in [4.78, 5) is 27.1. The first-order chi connectivity index (χ1) is 12.8. The Morgan fingerprint density at radius 3 is 2.44 bits per heavy atom. The number of likely N-dealkylation sites (N-methyl/N-ethyl adjacent to an activating group) is 1. The van der Waals surface area contributed by atoms with Crippen molar-refractivity contribution in [2.45, 2.75) is 32.4 Å². The number of quaternary nitrogens is 1. The van der Waals surface area contributed by atoms with E-state index < -0.39 is 9.84 Å². The highest BCUT2D eigenvalue weighted by molar-refractivity contribution is 7.91. The van der Waals surface area contributed by atoms with Crippen molar-refractivity contribution in [2.75, 3.05) is 38.7 Å². The number of carbonyl (C=O) groups excluding carboxylic acids is 2. The van der Waals surface area contributed by atoms with Gasteiger partial charge in [0.15, 0.2) is 16.4 Å². The summed E-state index contributed by atoms with van der Waals surface area (Å²) in [6.45, 7) is 3.55. The topological polar surface area (TPSA) is 88.0 Å². The molecule has 0 saturated carbocycles. The number of nitrogens with zero attached hydrogens (tertiary/aromatic N) is 1. The molecule has 0 bridgehead atoms. The standard InChI is InChI=1S/C19H29N3O4S/c1-4-10-22(17-9-11-27(25,26)14-17)18(23)13-21(3)12-15-5-7-16(8-6-15)19(24)20-2/h5-8,17H,4,9-14H2,1-3H3,(H,20,24)/p+1/t17-/m0/s1. The van der Waals surface area contributed by atoms with E-state index in [1.54, 1.807) is 24.1 Å². The number of hydrogen-bond donors (Lipinski definition) is 2. The normalized spacial score (nSPS) is 19.4. The second kappa shape index (κ2) is 9.32. The van der Waals surface area contributed by atoms with Gasteiger partial charge in [0.2, 0.25) is 0 Å². The van der Waals surface area contributed by atoms with Gasteiger partial charge in [-0.2, -0.15) is 0 Å². The van der Waals surface area contributed by atoms with Gasteiger partial charge in [0, 0.05) is 30.8 Å². The van der Waals surface area contributed by atoms with Gasteiger partial charge in [0.1, 0.15) is 6.54 Å². The molecule has 1 aromatic rings. The minimum atomic E-state index is -3.02. The summed E-state index contributed by atoms with van der Waals surface area (Å²) >= 11 is 0. The van der Waals surface area contributed by atoms with Crippen LogP contribution in [0.3, 0.4) is 0 Å². The van der Waals surface area contributed by atoms with E-state index in [-0.39, 0.29) is 29.4 Å². The molecule has 2 amide bonds. The highest BCUT2D eigenvalue weighted by atomic mass is 32.2. The van der Waals surface area contributed by atoms with Crippen molar-refractivity contribution in [3.05, 3.63) is 35.4 Å². The smallest absolute Gasteiger partial charge is 0.278 e. The molecule has 27 heavy (non-hydrogen) atoms. The largest absolute Gasteiger partial charge is 0.355 e. The van der Waals surface area contributed by atoms with E-state index in [1.807, 2.05) is 26.1 Å². The maximum Gasteiger partial charge on any atom is 0.278 e. The predicted molar refractivity (Wildman–Crippen MR) is 104 cm³/mol. The van der Waals surface area contributed by atoms with Gasteiger partial charge < -0.3 is 15.1 Å². The zero-order chi connectivity index (χ0) is 20.0. The number of nitrogens with one attached hydrogen (secondary N) is 2. The third-order valence-corrected chi connectivity index (χ3v) is 6.59. The number of hydrogen-bond acceptors (Lipinski definition) is 4. The Labute approximate surface area is 161 Å². The zero-order valence-corrected chi connectivity index (χ0v) is 17.1. The molecule has 2 N–H and O–H groups in total. The van der Waals surface area contributed by atoms with Crippen LogP contribution in [0.5, 0.6) is 0 Å². The summed E-state index contributed by atoms with van der Waals surface area (Å²) in [7, 11) is 0.523. The molecule has 1 aromatic carbocycles. The summed E-state index contributed by atoms with van der Waals surface area (Å²) in [5.41, 5.74) is 1.64. The Morgan fingerprint density at radius 1 is 1.26 bits per heavy atom. The molecule has 1 aliphatic heterocycles. The Balaban J connectivity index is 1.95. The molecule has 1 unspecified atom stereocenters. The molecule has 1 heterocycles. The van der Waals surface area contributed by atoms with Gasteiger partial charge in [-0.05, 0) is 25.0 Å². The fourth-order valence-electron chi connectivity index (χ4n) is 3.46. The van der Waals surface area contributed by atoms with Crippen LogP contribution in [0.15, 0.2) is 24.3 Å². The molecule has 7 nitrogen and oxygen atoms in total. The summed E-state index contributed by atoms with van der Waals surface area (Å²) in [6, 6.07) is 7.14. The molecule has 0 radical (unpaired) electrons. The number of carbonyl (C=O) groups is 2. The van der Waals surface area contributed by atoms with Crippen molar-refractivity contribution >= 4 is 21.7 Å². The molecule has 0 aliphatic carbocycles. The number of amides is 2. The van der Waals surface area contributed by atoms with Crippen LogP contribution in [0.1, 0.15) is 35.7 Å². The molecule has 0 aromatic heterocycles. The van der Waals surface area contributed by atoms with Gasteiger partial charge in [-0.25, -0.2) is 8.42 Å². The Morgan fingerprint density at radius 2 is 1.93 bits per heavy atom. The van der Waals surface area contributed by atoms with E-state index in [0.29, 0.717) is 31.6 Å². The van der Waals surface area contributed by atoms with Crippen LogP contribution in [-0.4, -0.2) is 69.9 Å². The van der Waals surface area contributed by atoms with Crippen LogP contribution >= 0.6 is 0 Å². The van der Waals surface area contributed by atoms with E-state index in [9.17, 15) is 18.0 Å². The molecule has 150 valence electrons. The van der Waals surface area contributed by atoms with Crippen molar-refractivity contribution in [3.63, 3.8) is 0 Å². The molecule has 1 saturated heterocycles. The fourth-order valence-corrected chi connectivity index (χ4v) is 5.19. The first kappa shape index (κ1) is 21.4. The van der Waals surface area contributed by atoms with Crippen LogP contribution in [0, 0.1) is 0 Å². The van der Waals surface area contributed by atoms with Crippen LogP contribution < -0.4 is 10.2 Å². The van der Waals surface area contributed by atoms with Crippen LogP contribution in [-0.2, 0) is 21.2 Å². The molecule has 0 spiro atoms. The van der Waals surface area contributed by atoms with Gasteiger partial charge in [0.05, 0.1) is 18.6 Å². The van der Waals surface area contributed by atoms with E-state index in [4.69, 9.17) is 0 Å². The van der Waals surface area contributed by atoms with Gasteiger partial charge in [-0.3, -0.25) is 9.59 Å². The number of rotatable bonds is 8. The second-order valence-electron chi connectivity index (χ2n) is 7.23. The third kappa shape index (κ3) is 6.04. The third-order valence-electron chi connectivity index (χ3n) is 4.84. The zero-order valence-electron chi connectivity index (χ0n) is 16.3. The SMILES string of the molecule is CCCN(C(=O)C[NH+](C)Cc1ccc(C(=O)NC)cc1)[C@H]1CCS(=O)(=O)C1. The van der Waals surface area contributed by atoms with Crippen molar-refractivity contribution in [3.8, 4) is 0 Å². The summed E-state index contributed by atoms with van der Waals surface area (Å²) < 4.78 is 23.5. The number of benzene rings is 1. The Kier molecular flexibility index (Phi) is 7.38. The van der Waals surface area contributed by atoms with Crippen LogP contribution in [0.25, 0.3) is 0 Å². The second-order valence-corrected chi connectivity index (χ2v) is 9.46. The van der Waals surface area contributed by atoms with Gasteiger partial charge in [0.25, 0.3) is 11.8 Å². The highest BCUT2D eigenvalue weighted by Crippen LogP contribution is 2.18. The number of sulfone groups is 1. The van der Waals surface area contributed by atoms with Gasteiger partial charge >= 0.3 is 0 Å². The molecular formula is C19H30N3O4S+. The lowest BCUT2D eigenvalue weighted by atomic mass is 10.1. The summed E-state index contributed by atoms with van der Waals surface area (Å²) in [5.74, 6) is 0.127. The molecule has 1 fully saturated rings.